The summed E-state index contributed by atoms with van der Waals surface area (Å²) in [5, 5.41) is 5.68. The Hall–Kier alpha value is -1.62. The van der Waals surface area contributed by atoms with Crippen molar-refractivity contribution >= 4 is 23.0 Å². The summed E-state index contributed by atoms with van der Waals surface area (Å²) in [6.45, 7) is 1.95. The van der Waals surface area contributed by atoms with Crippen molar-refractivity contribution in [1.29, 1.82) is 0 Å². The van der Waals surface area contributed by atoms with Crippen LogP contribution in [0.4, 0.5) is 11.6 Å². The van der Waals surface area contributed by atoms with E-state index in [1.807, 2.05) is 18.3 Å². The van der Waals surface area contributed by atoms with Crippen molar-refractivity contribution in [3.05, 3.63) is 33.8 Å². The molecule has 1 aliphatic carbocycles. The zero-order valence-corrected chi connectivity index (χ0v) is 11.1. The van der Waals surface area contributed by atoms with E-state index in [1.165, 1.54) is 29.6 Å². The van der Waals surface area contributed by atoms with Gasteiger partial charge in [0.15, 0.2) is 0 Å². The van der Waals surface area contributed by atoms with Crippen LogP contribution in [0.2, 0.25) is 0 Å². The van der Waals surface area contributed by atoms with Gasteiger partial charge < -0.3 is 11.1 Å². The molecule has 3 rings (SSSR count). The maximum absolute atomic E-state index is 5.81. The highest BCUT2D eigenvalue weighted by Gasteiger charge is 2.22. The minimum Gasteiger partial charge on any atom is -0.383 e. The molecule has 0 saturated heterocycles. The molecule has 5 heteroatoms. The number of aryl methyl sites for hydroxylation is 1. The molecule has 3 N–H and O–H groups in total. The third-order valence-electron chi connectivity index (χ3n) is 3.49. The lowest BCUT2D eigenvalue weighted by Crippen LogP contribution is -2.17. The van der Waals surface area contributed by atoms with Crippen LogP contribution in [0.15, 0.2) is 17.8 Å². The second-order valence-corrected chi connectivity index (χ2v) is 5.62. The van der Waals surface area contributed by atoms with Crippen LogP contribution in [0.25, 0.3) is 0 Å². The molecule has 1 unspecified atom stereocenters. The van der Waals surface area contributed by atoms with E-state index >= 15 is 0 Å². The summed E-state index contributed by atoms with van der Waals surface area (Å²) in [6.07, 6.45) is 5.09. The standard InChI is InChI=1S/C13H16N4S/c1-8-12(14)15-7-16-13(8)17-10-3-2-4-11-9(10)5-6-18-11/h5-7,10H,2-4H2,1H3,(H3,14,15,16,17). The van der Waals surface area contributed by atoms with Crippen molar-refractivity contribution < 1.29 is 0 Å². The lowest BCUT2D eigenvalue weighted by molar-refractivity contribution is 0.606. The van der Waals surface area contributed by atoms with Gasteiger partial charge >= 0.3 is 0 Å². The van der Waals surface area contributed by atoms with Crippen LogP contribution in [-0.4, -0.2) is 9.97 Å². The van der Waals surface area contributed by atoms with Gasteiger partial charge in [0.05, 0.1) is 6.04 Å². The van der Waals surface area contributed by atoms with Crippen LogP contribution in [0.3, 0.4) is 0 Å². The summed E-state index contributed by atoms with van der Waals surface area (Å²) < 4.78 is 0. The third-order valence-corrected chi connectivity index (χ3v) is 4.48. The first-order chi connectivity index (χ1) is 8.75. The summed E-state index contributed by atoms with van der Waals surface area (Å²) in [5.41, 5.74) is 8.16. The average Bonchev–Trinajstić information content (AvgIpc) is 2.84. The molecule has 0 aromatic carbocycles. The van der Waals surface area contributed by atoms with E-state index in [2.05, 4.69) is 26.7 Å². The maximum atomic E-state index is 5.81. The maximum Gasteiger partial charge on any atom is 0.134 e. The minimum atomic E-state index is 0.355. The largest absolute Gasteiger partial charge is 0.383 e. The number of nitrogens with zero attached hydrogens (tertiary/aromatic N) is 2. The highest BCUT2D eigenvalue weighted by molar-refractivity contribution is 7.10. The molecule has 1 aliphatic rings. The lowest BCUT2D eigenvalue weighted by atomic mass is 9.94. The molecular formula is C13H16N4S. The Kier molecular flexibility index (Phi) is 2.91. The van der Waals surface area contributed by atoms with Gasteiger partial charge in [0.25, 0.3) is 0 Å². The molecule has 0 saturated carbocycles. The van der Waals surface area contributed by atoms with Gasteiger partial charge in [-0.2, -0.15) is 0 Å². The van der Waals surface area contributed by atoms with Crippen LogP contribution in [0, 0.1) is 6.92 Å². The Morgan fingerprint density at radius 2 is 2.33 bits per heavy atom. The molecule has 1 atom stereocenters. The molecule has 18 heavy (non-hydrogen) atoms. The molecule has 0 fully saturated rings. The zero-order valence-electron chi connectivity index (χ0n) is 10.3. The number of nitrogens with one attached hydrogen (secondary N) is 1. The van der Waals surface area contributed by atoms with E-state index in [0.29, 0.717) is 11.9 Å². The monoisotopic (exact) mass is 260 g/mol. The first-order valence-electron chi connectivity index (χ1n) is 6.15. The molecule has 0 spiro atoms. The van der Waals surface area contributed by atoms with Gasteiger partial charge in [-0.1, -0.05) is 0 Å². The van der Waals surface area contributed by atoms with Crippen molar-refractivity contribution in [2.24, 2.45) is 0 Å². The first-order valence-corrected chi connectivity index (χ1v) is 7.03. The first kappa shape index (κ1) is 11.5. The van der Waals surface area contributed by atoms with E-state index in [9.17, 15) is 0 Å². The Bertz CT molecular complexity index is 564. The van der Waals surface area contributed by atoms with E-state index < -0.39 is 0 Å². The zero-order chi connectivity index (χ0) is 12.5. The molecule has 0 bridgehead atoms. The van der Waals surface area contributed by atoms with Crippen molar-refractivity contribution in [2.75, 3.05) is 11.1 Å². The fourth-order valence-electron chi connectivity index (χ4n) is 2.41. The molecule has 0 aliphatic heterocycles. The second-order valence-electron chi connectivity index (χ2n) is 4.62. The van der Waals surface area contributed by atoms with Gasteiger partial charge in [-0.3, -0.25) is 0 Å². The fraction of sp³-hybridized carbons (Fsp3) is 0.385. The van der Waals surface area contributed by atoms with Gasteiger partial charge in [-0.05, 0) is 43.2 Å². The summed E-state index contributed by atoms with van der Waals surface area (Å²) in [5.74, 6) is 1.40. The van der Waals surface area contributed by atoms with Gasteiger partial charge in [0.2, 0.25) is 0 Å². The van der Waals surface area contributed by atoms with Crippen molar-refractivity contribution in [3.63, 3.8) is 0 Å². The van der Waals surface area contributed by atoms with Crippen LogP contribution < -0.4 is 11.1 Å². The highest BCUT2D eigenvalue weighted by atomic mass is 32.1. The average molecular weight is 260 g/mol. The molecule has 2 heterocycles. The van der Waals surface area contributed by atoms with Crippen LogP contribution in [-0.2, 0) is 6.42 Å². The Balaban J connectivity index is 1.88. The third kappa shape index (κ3) is 1.95. The predicted molar refractivity (Wildman–Crippen MR) is 74.8 cm³/mol. The van der Waals surface area contributed by atoms with E-state index in [4.69, 9.17) is 5.73 Å². The number of hydrogen-bond donors (Lipinski definition) is 2. The molecule has 0 radical (unpaired) electrons. The number of aromatic nitrogens is 2. The van der Waals surface area contributed by atoms with Crippen molar-refractivity contribution in [1.82, 2.24) is 9.97 Å². The number of thiophene rings is 1. The summed E-state index contributed by atoms with van der Waals surface area (Å²) in [7, 11) is 0. The SMILES string of the molecule is Cc1c(N)ncnc1NC1CCCc2sccc21. The molecule has 2 aromatic heterocycles. The lowest BCUT2D eigenvalue weighted by Gasteiger charge is -2.24. The van der Waals surface area contributed by atoms with E-state index in [1.54, 1.807) is 0 Å². The number of fused-ring (bicyclic) bond motifs is 1. The molecule has 2 aromatic rings. The topological polar surface area (TPSA) is 63.8 Å². The Labute approximate surface area is 110 Å². The van der Waals surface area contributed by atoms with Gasteiger partial charge in [0, 0.05) is 10.4 Å². The number of hydrogen-bond acceptors (Lipinski definition) is 5. The quantitative estimate of drug-likeness (QED) is 0.871. The van der Waals surface area contributed by atoms with Gasteiger partial charge in [-0.15, -0.1) is 11.3 Å². The van der Waals surface area contributed by atoms with Crippen molar-refractivity contribution in [2.45, 2.75) is 32.2 Å². The Morgan fingerprint density at radius 3 is 3.22 bits per heavy atom. The smallest absolute Gasteiger partial charge is 0.134 e. The van der Waals surface area contributed by atoms with Crippen LogP contribution >= 0.6 is 11.3 Å². The molecule has 0 amide bonds. The van der Waals surface area contributed by atoms with Crippen molar-refractivity contribution in [3.8, 4) is 0 Å². The Morgan fingerprint density at radius 1 is 1.44 bits per heavy atom. The molecular weight excluding hydrogens is 244 g/mol. The minimum absolute atomic E-state index is 0.355. The second kappa shape index (κ2) is 4.57. The number of rotatable bonds is 2. The van der Waals surface area contributed by atoms with Gasteiger partial charge in [-0.25, -0.2) is 9.97 Å². The number of nitrogen functional groups attached to an aromatic ring is 1. The summed E-state index contributed by atoms with van der Waals surface area (Å²) in [4.78, 5) is 9.79. The fourth-order valence-corrected chi connectivity index (χ4v) is 3.40. The summed E-state index contributed by atoms with van der Waals surface area (Å²) in [6, 6.07) is 2.57. The van der Waals surface area contributed by atoms with Crippen LogP contribution in [0.5, 0.6) is 0 Å². The molecule has 4 nitrogen and oxygen atoms in total. The number of anilines is 2. The predicted octanol–water partition coefficient (Wildman–Crippen LogP) is 2.92. The molecule has 94 valence electrons. The summed E-state index contributed by atoms with van der Waals surface area (Å²) >= 11 is 1.85. The normalized spacial score (nSPS) is 18.4. The van der Waals surface area contributed by atoms with Crippen LogP contribution in [0.1, 0.15) is 34.9 Å². The van der Waals surface area contributed by atoms with Gasteiger partial charge in [0.1, 0.15) is 18.0 Å². The number of nitrogens with two attached hydrogens (primary N) is 1. The van der Waals surface area contributed by atoms with E-state index in [0.717, 1.165) is 17.8 Å². The van der Waals surface area contributed by atoms with E-state index in [-0.39, 0.29) is 0 Å². The highest BCUT2D eigenvalue weighted by Crippen LogP contribution is 2.35.